The number of rotatable bonds is 2. The topological polar surface area (TPSA) is 43.1 Å². The molecule has 1 amide bonds. The predicted octanol–water partition coefficient (Wildman–Crippen LogP) is 1.20. The Bertz CT molecular complexity index is 397. The molecule has 1 atom stereocenters. The predicted molar refractivity (Wildman–Crippen MR) is 61.0 cm³/mol. The van der Waals surface area contributed by atoms with Crippen LogP contribution in [0.4, 0.5) is 0 Å². The molecule has 2 rings (SSSR count). The van der Waals surface area contributed by atoms with Crippen molar-refractivity contribution in [2.24, 2.45) is 11.7 Å². The van der Waals surface area contributed by atoms with Crippen molar-refractivity contribution in [3.63, 3.8) is 0 Å². The van der Waals surface area contributed by atoms with Crippen molar-refractivity contribution >= 4 is 36.4 Å². The van der Waals surface area contributed by atoms with Gasteiger partial charge in [-0.15, -0.1) is 0 Å². The van der Waals surface area contributed by atoms with Crippen LogP contribution in [0.2, 0.25) is 5.28 Å². The monoisotopic (exact) mass is 221 g/mol. The fraction of sp³-hybridized carbons (Fsp3) is 0.400. The summed E-state index contributed by atoms with van der Waals surface area (Å²) < 4.78 is 1.49. The summed E-state index contributed by atoms with van der Waals surface area (Å²) in [5, 5.41) is 1.02. The van der Waals surface area contributed by atoms with Crippen molar-refractivity contribution in [3.05, 3.63) is 21.9 Å². The van der Waals surface area contributed by atoms with E-state index in [1.54, 1.807) is 0 Å². The molecule has 2 N–H and O–H groups in total. The van der Waals surface area contributed by atoms with Crippen molar-refractivity contribution in [1.82, 2.24) is 0 Å². The SMILES string of the molecule is Cc1ccc([C]2=[Al][CH2]C(C(N)=O)C2)s1. The van der Waals surface area contributed by atoms with Crippen LogP contribution < -0.4 is 5.73 Å². The van der Waals surface area contributed by atoms with Gasteiger partial charge >= 0.3 is 93.4 Å². The van der Waals surface area contributed by atoms with E-state index in [1.165, 1.54) is 14.1 Å². The zero-order valence-corrected chi connectivity index (χ0v) is 10.1. The fourth-order valence-corrected chi connectivity index (χ4v) is 4.72. The van der Waals surface area contributed by atoms with E-state index in [9.17, 15) is 4.79 Å². The second kappa shape index (κ2) is 3.98. The first-order chi connectivity index (χ1) is 6.66. The van der Waals surface area contributed by atoms with E-state index in [2.05, 4.69) is 19.1 Å². The number of carbonyl (C=O) groups is 1. The Balaban J connectivity index is 2.12. The number of hydrogen-bond acceptors (Lipinski definition) is 2. The minimum absolute atomic E-state index is 0.113. The Morgan fingerprint density at radius 1 is 1.64 bits per heavy atom. The summed E-state index contributed by atoms with van der Waals surface area (Å²) in [4.78, 5) is 13.7. The van der Waals surface area contributed by atoms with E-state index in [-0.39, 0.29) is 11.8 Å². The van der Waals surface area contributed by atoms with Crippen LogP contribution in [0.1, 0.15) is 16.2 Å². The van der Waals surface area contributed by atoms with Crippen molar-refractivity contribution in [2.45, 2.75) is 18.6 Å². The van der Waals surface area contributed by atoms with Crippen LogP contribution in [-0.4, -0.2) is 25.1 Å². The van der Waals surface area contributed by atoms with Gasteiger partial charge in [-0.25, -0.2) is 0 Å². The summed E-state index contributed by atoms with van der Waals surface area (Å²) in [6.45, 7) is 2.12. The van der Waals surface area contributed by atoms with E-state index in [4.69, 9.17) is 5.73 Å². The van der Waals surface area contributed by atoms with Gasteiger partial charge in [0.2, 0.25) is 0 Å². The van der Waals surface area contributed by atoms with Crippen LogP contribution in [0.25, 0.3) is 0 Å². The summed E-state index contributed by atoms with van der Waals surface area (Å²) in [5.74, 6) is -0.0109. The van der Waals surface area contributed by atoms with Crippen LogP contribution in [0.3, 0.4) is 0 Å². The van der Waals surface area contributed by atoms with E-state index in [0.717, 1.165) is 11.7 Å². The van der Waals surface area contributed by atoms with Crippen molar-refractivity contribution in [2.75, 3.05) is 0 Å². The Morgan fingerprint density at radius 2 is 2.43 bits per heavy atom. The van der Waals surface area contributed by atoms with Crippen LogP contribution in [0.15, 0.2) is 12.1 Å². The Hall–Kier alpha value is -0.428. The van der Waals surface area contributed by atoms with Gasteiger partial charge in [-0.3, -0.25) is 0 Å². The molecule has 0 aromatic carbocycles. The Labute approximate surface area is 93.4 Å². The third-order valence-corrected chi connectivity index (χ3v) is 5.70. The zero-order chi connectivity index (χ0) is 10.1. The van der Waals surface area contributed by atoms with Crippen LogP contribution in [0.5, 0.6) is 0 Å². The Morgan fingerprint density at radius 3 is 2.93 bits per heavy atom. The molecule has 0 spiro atoms. The molecule has 1 aromatic rings. The van der Waals surface area contributed by atoms with Gasteiger partial charge in [0.05, 0.1) is 0 Å². The molecule has 14 heavy (non-hydrogen) atoms. The third-order valence-electron chi connectivity index (χ3n) is 2.57. The van der Waals surface area contributed by atoms with E-state index in [1.807, 2.05) is 11.3 Å². The molecule has 2 heterocycles. The molecule has 0 saturated heterocycles. The van der Waals surface area contributed by atoms with Crippen LogP contribution in [-0.2, 0) is 4.79 Å². The number of aryl methyl sites for hydroxylation is 1. The van der Waals surface area contributed by atoms with Gasteiger partial charge < -0.3 is 0 Å². The average Bonchev–Trinajstić information content (AvgIpc) is 2.70. The molecule has 0 fully saturated rings. The first kappa shape index (κ1) is 10.1. The molecule has 0 aliphatic carbocycles. The van der Waals surface area contributed by atoms with Gasteiger partial charge in [-0.05, 0) is 0 Å². The van der Waals surface area contributed by atoms with Gasteiger partial charge in [0.25, 0.3) is 0 Å². The number of carbonyl (C=O) groups excluding carboxylic acids is 1. The fourth-order valence-electron chi connectivity index (χ4n) is 1.74. The van der Waals surface area contributed by atoms with E-state index < -0.39 is 0 Å². The molecule has 1 unspecified atom stereocenters. The Kier molecular flexibility index (Phi) is 2.87. The third kappa shape index (κ3) is 1.98. The number of hydrogen-bond donors (Lipinski definition) is 1. The molecule has 0 saturated carbocycles. The number of thiophene rings is 1. The quantitative estimate of drug-likeness (QED) is 0.749. The number of amides is 1. The summed E-state index contributed by atoms with van der Waals surface area (Å²) in [5.41, 5.74) is 5.31. The average molecular weight is 221 g/mol. The summed E-state index contributed by atoms with van der Waals surface area (Å²) in [6, 6.07) is 4.32. The van der Waals surface area contributed by atoms with Crippen molar-refractivity contribution < 1.29 is 4.79 Å². The van der Waals surface area contributed by atoms with Gasteiger partial charge in [-0.1, -0.05) is 0 Å². The number of nitrogens with two attached hydrogens (primary N) is 1. The molecule has 4 heteroatoms. The molecule has 1 aliphatic rings. The molecule has 2 nitrogen and oxygen atoms in total. The van der Waals surface area contributed by atoms with Crippen LogP contribution in [0, 0.1) is 12.8 Å². The zero-order valence-electron chi connectivity index (χ0n) is 8.12. The molecule has 1 aliphatic heterocycles. The first-order valence-electron chi connectivity index (χ1n) is 4.72. The summed E-state index contributed by atoms with van der Waals surface area (Å²) in [6.07, 6.45) is 0.907. The van der Waals surface area contributed by atoms with Crippen molar-refractivity contribution in [3.8, 4) is 0 Å². The molecule has 0 bridgehead atoms. The van der Waals surface area contributed by atoms with Gasteiger partial charge in [0, 0.05) is 0 Å². The van der Waals surface area contributed by atoms with Crippen LogP contribution >= 0.6 is 11.3 Å². The second-order valence-corrected chi connectivity index (χ2v) is 6.54. The number of primary amides is 1. The molecule has 1 aromatic heterocycles. The maximum absolute atomic E-state index is 11.0. The minimum atomic E-state index is -0.124. The second-order valence-electron chi connectivity index (χ2n) is 3.68. The van der Waals surface area contributed by atoms with Crippen molar-refractivity contribution in [1.29, 1.82) is 0 Å². The molecular formula is C10H12AlNOS. The standard InChI is InChI=1S/C10H12NOS.Al/c1-7(10(11)12)3-5-9-6-4-8(2)13-9;/h4,6-7H,1,3H2,2H3,(H2,11,12);. The van der Waals surface area contributed by atoms with Gasteiger partial charge in [0.1, 0.15) is 0 Å². The van der Waals surface area contributed by atoms with Gasteiger partial charge in [0.15, 0.2) is 0 Å². The maximum atomic E-state index is 11.0. The van der Waals surface area contributed by atoms with E-state index in [0.29, 0.717) is 14.8 Å². The summed E-state index contributed by atoms with van der Waals surface area (Å²) >= 11 is 2.13. The first-order valence-corrected chi connectivity index (χ1v) is 6.93. The molecular weight excluding hydrogens is 209 g/mol. The normalized spacial score (nSPS) is 20.4. The molecule has 72 valence electrons. The molecule has 0 radical (unpaired) electrons. The van der Waals surface area contributed by atoms with Gasteiger partial charge in [-0.2, -0.15) is 0 Å². The van der Waals surface area contributed by atoms with E-state index >= 15 is 0 Å². The summed E-state index contributed by atoms with van der Waals surface area (Å²) in [7, 11) is 0.